The highest BCUT2D eigenvalue weighted by atomic mass is 32.7. The maximum atomic E-state index is 10.0. The van der Waals surface area contributed by atoms with Crippen LogP contribution < -0.4 is 11.5 Å². The van der Waals surface area contributed by atoms with Gasteiger partial charge in [0, 0.05) is 8.44 Å². The number of hydrogen-bond acceptors (Lipinski definition) is 5. The fourth-order valence-electron chi connectivity index (χ4n) is 0.155. The standard InChI is InChI=1S/CH7N2O3PS/c2-1(3)6-8(4,5)7/h1H,2-3,7H2. The summed E-state index contributed by atoms with van der Waals surface area (Å²) in [5.41, 5.74) is 9.48. The summed E-state index contributed by atoms with van der Waals surface area (Å²) in [5, 5.41) is 0. The van der Waals surface area contributed by atoms with Crippen molar-refractivity contribution in [2.24, 2.45) is 11.5 Å². The molecule has 50 valence electrons. The van der Waals surface area contributed by atoms with Crippen LogP contribution in [0.2, 0.25) is 0 Å². The van der Waals surface area contributed by atoms with Crippen LogP contribution in [0.4, 0.5) is 0 Å². The molecule has 0 radical (unpaired) electrons. The van der Waals surface area contributed by atoms with Gasteiger partial charge in [0.05, 0.1) is 0 Å². The number of hydrogen-bond donors (Lipinski definition) is 2. The maximum Gasteiger partial charge on any atom is 0.280 e. The molecule has 5 nitrogen and oxygen atoms in total. The van der Waals surface area contributed by atoms with E-state index in [0.29, 0.717) is 0 Å². The predicted molar refractivity (Wildman–Crippen MR) is 31.9 cm³/mol. The lowest BCUT2D eigenvalue weighted by Crippen LogP contribution is -2.34. The van der Waals surface area contributed by atoms with Crippen LogP contribution >= 0.6 is 8.44 Å². The highest BCUT2D eigenvalue weighted by molar-refractivity contribution is 8.34. The minimum Gasteiger partial charge on any atom is -0.292 e. The van der Waals surface area contributed by atoms with Crippen molar-refractivity contribution in [2.45, 2.75) is 6.35 Å². The summed E-state index contributed by atoms with van der Waals surface area (Å²) < 4.78 is 24.0. The summed E-state index contributed by atoms with van der Waals surface area (Å²) >= 11 is 0. The largest absolute Gasteiger partial charge is 0.292 e. The van der Waals surface area contributed by atoms with Crippen LogP contribution in [-0.2, 0) is 13.9 Å². The van der Waals surface area contributed by atoms with E-state index in [1.165, 1.54) is 8.44 Å². The van der Waals surface area contributed by atoms with Crippen molar-refractivity contribution in [3.8, 4) is 0 Å². The van der Waals surface area contributed by atoms with Crippen LogP contribution in [0.25, 0.3) is 0 Å². The molecule has 1 unspecified atom stereocenters. The van der Waals surface area contributed by atoms with Crippen molar-refractivity contribution in [3.63, 3.8) is 0 Å². The molecule has 7 heteroatoms. The molecule has 0 saturated carbocycles. The van der Waals surface area contributed by atoms with E-state index in [1.807, 2.05) is 0 Å². The lowest BCUT2D eigenvalue weighted by atomic mass is 11.1. The topological polar surface area (TPSA) is 95.4 Å². The van der Waals surface area contributed by atoms with E-state index in [0.717, 1.165) is 0 Å². The molecule has 0 aromatic rings. The first kappa shape index (κ1) is 8.26. The molecule has 0 amide bonds. The van der Waals surface area contributed by atoms with Gasteiger partial charge in [0.1, 0.15) is 0 Å². The molecule has 0 heterocycles. The van der Waals surface area contributed by atoms with E-state index in [2.05, 4.69) is 4.18 Å². The predicted octanol–water partition coefficient (Wildman–Crippen LogP) is -1.68. The Morgan fingerprint density at radius 2 is 1.88 bits per heavy atom. The van der Waals surface area contributed by atoms with E-state index in [9.17, 15) is 8.42 Å². The van der Waals surface area contributed by atoms with Crippen LogP contribution in [0.1, 0.15) is 0 Å². The summed E-state index contributed by atoms with van der Waals surface area (Å²) in [7, 11) is -2.11. The van der Waals surface area contributed by atoms with Crippen molar-refractivity contribution in [3.05, 3.63) is 0 Å². The van der Waals surface area contributed by atoms with E-state index in [-0.39, 0.29) is 0 Å². The van der Waals surface area contributed by atoms with Gasteiger partial charge in [0.15, 0.2) is 6.35 Å². The molecule has 0 bridgehead atoms. The van der Waals surface area contributed by atoms with Gasteiger partial charge in [-0.3, -0.25) is 11.5 Å². The van der Waals surface area contributed by atoms with Crippen molar-refractivity contribution in [2.75, 3.05) is 0 Å². The summed E-state index contributed by atoms with van der Waals surface area (Å²) in [4.78, 5) is 0. The van der Waals surface area contributed by atoms with Gasteiger partial charge in [0.25, 0.3) is 9.74 Å². The zero-order valence-electron chi connectivity index (χ0n) is 3.94. The Kier molecular flexibility index (Phi) is 2.79. The Balaban J connectivity index is 3.75. The number of nitrogens with two attached hydrogens (primary N) is 2. The molecule has 0 aromatic carbocycles. The molecule has 0 rings (SSSR count). The third kappa shape index (κ3) is 6.26. The number of rotatable bonds is 2. The summed E-state index contributed by atoms with van der Waals surface area (Å²) in [5.74, 6) is 0. The fraction of sp³-hybridized carbons (Fsp3) is 1.00. The monoisotopic (exact) mass is 158 g/mol. The Morgan fingerprint density at radius 3 is 1.88 bits per heavy atom. The third-order valence-electron chi connectivity index (χ3n) is 0.245. The SMILES string of the molecule is NC(N)OS(=O)(=O)P. The Morgan fingerprint density at radius 1 is 1.50 bits per heavy atom. The first-order valence-electron chi connectivity index (χ1n) is 1.64. The normalized spacial score (nSPS) is 12.5. The van der Waals surface area contributed by atoms with Gasteiger partial charge >= 0.3 is 0 Å². The molecule has 0 aliphatic rings. The molecule has 4 N–H and O–H groups in total. The lowest BCUT2D eigenvalue weighted by molar-refractivity contribution is 0.233. The van der Waals surface area contributed by atoms with Gasteiger partial charge in [-0.15, -0.1) is 0 Å². The van der Waals surface area contributed by atoms with Crippen molar-refractivity contribution in [1.29, 1.82) is 0 Å². The average Bonchev–Trinajstić information content (AvgIpc) is 1.21. The van der Waals surface area contributed by atoms with E-state index in [1.54, 1.807) is 0 Å². The van der Waals surface area contributed by atoms with Gasteiger partial charge < -0.3 is 0 Å². The molecule has 0 saturated heterocycles. The quantitative estimate of drug-likeness (QED) is 0.370. The fourth-order valence-corrected chi connectivity index (χ4v) is 0.850. The zero-order chi connectivity index (χ0) is 6.78. The van der Waals surface area contributed by atoms with E-state index >= 15 is 0 Å². The Bertz CT molecular complexity index is 151. The maximum absolute atomic E-state index is 10.0. The van der Waals surface area contributed by atoms with Crippen molar-refractivity contribution >= 4 is 18.2 Å². The smallest absolute Gasteiger partial charge is 0.280 e. The first-order valence-corrected chi connectivity index (χ1v) is 4.52. The average molecular weight is 158 g/mol. The second-order valence-corrected chi connectivity index (χ2v) is 3.96. The van der Waals surface area contributed by atoms with Crippen molar-refractivity contribution < 1.29 is 12.6 Å². The van der Waals surface area contributed by atoms with E-state index in [4.69, 9.17) is 11.5 Å². The molecule has 0 spiro atoms. The van der Waals surface area contributed by atoms with Gasteiger partial charge in [-0.1, -0.05) is 0 Å². The minimum atomic E-state index is -3.56. The van der Waals surface area contributed by atoms with Gasteiger partial charge in [-0.2, -0.15) is 8.42 Å². The van der Waals surface area contributed by atoms with Crippen LogP contribution in [0, 0.1) is 0 Å². The molecule has 0 aromatic heterocycles. The van der Waals surface area contributed by atoms with Gasteiger partial charge in [0.2, 0.25) is 0 Å². The zero-order valence-corrected chi connectivity index (χ0v) is 5.91. The van der Waals surface area contributed by atoms with Crippen LogP contribution in [0.15, 0.2) is 0 Å². The lowest BCUT2D eigenvalue weighted by Gasteiger charge is -2.01. The highest BCUT2D eigenvalue weighted by Crippen LogP contribution is 2.01. The first-order chi connectivity index (χ1) is 3.42. The molecule has 0 fully saturated rings. The Labute approximate surface area is 49.4 Å². The minimum absolute atomic E-state index is 1.27. The van der Waals surface area contributed by atoms with Gasteiger partial charge in [-0.25, -0.2) is 4.18 Å². The molecule has 8 heavy (non-hydrogen) atoms. The summed E-state index contributed by atoms with van der Waals surface area (Å²) in [6, 6.07) is 0. The van der Waals surface area contributed by atoms with Crippen molar-refractivity contribution in [1.82, 2.24) is 0 Å². The van der Waals surface area contributed by atoms with Crippen LogP contribution in [0.3, 0.4) is 0 Å². The Hall–Kier alpha value is 0.260. The molecular weight excluding hydrogens is 151 g/mol. The molecule has 1 atom stereocenters. The van der Waals surface area contributed by atoms with Gasteiger partial charge in [-0.05, 0) is 0 Å². The second-order valence-electron chi connectivity index (χ2n) is 1.05. The summed E-state index contributed by atoms with van der Waals surface area (Å²) in [6.45, 7) is 0. The second kappa shape index (κ2) is 2.70. The van der Waals surface area contributed by atoms with Crippen LogP contribution in [-0.4, -0.2) is 14.8 Å². The molecule has 0 aliphatic heterocycles. The summed E-state index contributed by atoms with van der Waals surface area (Å²) in [6.07, 6.45) is -1.27. The van der Waals surface area contributed by atoms with Crippen LogP contribution in [0.5, 0.6) is 0 Å². The molecular formula is CH7N2O3PS. The molecule has 0 aliphatic carbocycles. The highest BCUT2D eigenvalue weighted by Gasteiger charge is 2.03. The third-order valence-corrected chi connectivity index (χ3v) is 1.07. The van der Waals surface area contributed by atoms with E-state index < -0.39 is 16.1 Å².